The summed E-state index contributed by atoms with van der Waals surface area (Å²) in [5.41, 5.74) is 2.68. The molecule has 1 unspecified atom stereocenters. The van der Waals surface area contributed by atoms with Crippen molar-refractivity contribution in [2.24, 2.45) is 5.92 Å². The molecule has 0 heterocycles. The number of hydrogen-bond donors (Lipinski definition) is 0. The van der Waals surface area contributed by atoms with Crippen molar-refractivity contribution in [2.75, 3.05) is 0 Å². The van der Waals surface area contributed by atoms with Gasteiger partial charge in [-0.25, -0.2) is 0 Å². The standard InChI is InChI=1S/C13H18/c1-5-12-8-6-7-9-13(12)11(4)10(2)3/h5-11H,1H2,2-4H3. The summed E-state index contributed by atoms with van der Waals surface area (Å²) in [6.45, 7) is 10.6. The molecule has 1 aromatic rings. The van der Waals surface area contributed by atoms with E-state index in [9.17, 15) is 0 Å². The Hall–Kier alpha value is -1.04. The highest BCUT2D eigenvalue weighted by atomic mass is 14.2. The zero-order chi connectivity index (χ0) is 9.84. The highest BCUT2D eigenvalue weighted by molar-refractivity contribution is 5.52. The van der Waals surface area contributed by atoms with E-state index in [1.54, 1.807) is 0 Å². The summed E-state index contributed by atoms with van der Waals surface area (Å²) in [5, 5.41) is 0. The molecule has 0 aromatic heterocycles. The van der Waals surface area contributed by atoms with E-state index in [-0.39, 0.29) is 0 Å². The Morgan fingerprint density at radius 3 is 2.31 bits per heavy atom. The summed E-state index contributed by atoms with van der Waals surface area (Å²) in [5.74, 6) is 1.29. The van der Waals surface area contributed by atoms with Crippen LogP contribution in [0.15, 0.2) is 30.8 Å². The Morgan fingerprint density at radius 2 is 1.77 bits per heavy atom. The Bertz CT molecular complexity index is 284. The molecule has 0 radical (unpaired) electrons. The third-order valence-electron chi connectivity index (χ3n) is 2.71. The summed E-state index contributed by atoms with van der Waals surface area (Å²) in [6.07, 6.45) is 1.94. The van der Waals surface area contributed by atoms with Gasteiger partial charge in [-0.1, -0.05) is 57.7 Å². The fourth-order valence-corrected chi connectivity index (χ4v) is 1.47. The van der Waals surface area contributed by atoms with Crippen LogP contribution in [0.2, 0.25) is 0 Å². The monoisotopic (exact) mass is 174 g/mol. The van der Waals surface area contributed by atoms with Gasteiger partial charge in [0.1, 0.15) is 0 Å². The molecule has 1 rings (SSSR count). The Kier molecular flexibility index (Phi) is 3.30. The minimum Gasteiger partial charge on any atom is -0.0985 e. The minimum atomic E-state index is 0.606. The van der Waals surface area contributed by atoms with Gasteiger partial charge in [-0.2, -0.15) is 0 Å². The van der Waals surface area contributed by atoms with Gasteiger partial charge < -0.3 is 0 Å². The van der Waals surface area contributed by atoms with Crippen molar-refractivity contribution in [2.45, 2.75) is 26.7 Å². The fraction of sp³-hybridized carbons (Fsp3) is 0.385. The van der Waals surface area contributed by atoms with E-state index in [2.05, 4.69) is 51.6 Å². The van der Waals surface area contributed by atoms with E-state index in [4.69, 9.17) is 0 Å². The molecule has 0 saturated heterocycles. The summed E-state index contributed by atoms with van der Waals surface area (Å²) in [6, 6.07) is 8.48. The molecule has 0 N–H and O–H groups in total. The summed E-state index contributed by atoms with van der Waals surface area (Å²) in [4.78, 5) is 0. The first-order chi connectivity index (χ1) is 6.16. The van der Waals surface area contributed by atoms with E-state index in [1.165, 1.54) is 11.1 Å². The third kappa shape index (κ3) is 2.21. The average Bonchev–Trinajstić information content (AvgIpc) is 2.16. The molecule has 0 aliphatic heterocycles. The third-order valence-corrected chi connectivity index (χ3v) is 2.71. The van der Waals surface area contributed by atoms with E-state index < -0.39 is 0 Å². The van der Waals surface area contributed by atoms with Crippen LogP contribution >= 0.6 is 0 Å². The predicted molar refractivity (Wildman–Crippen MR) is 59.8 cm³/mol. The van der Waals surface area contributed by atoms with E-state index >= 15 is 0 Å². The topological polar surface area (TPSA) is 0 Å². The molecular weight excluding hydrogens is 156 g/mol. The fourth-order valence-electron chi connectivity index (χ4n) is 1.47. The van der Waals surface area contributed by atoms with Crippen LogP contribution in [0.1, 0.15) is 37.8 Å². The quantitative estimate of drug-likeness (QED) is 0.647. The van der Waals surface area contributed by atoms with E-state index in [1.807, 2.05) is 6.08 Å². The lowest BCUT2D eigenvalue weighted by atomic mass is 9.87. The van der Waals surface area contributed by atoms with Crippen LogP contribution in [0.4, 0.5) is 0 Å². The molecule has 70 valence electrons. The summed E-state index contributed by atoms with van der Waals surface area (Å²) >= 11 is 0. The van der Waals surface area contributed by atoms with Gasteiger partial charge in [0.15, 0.2) is 0 Å². The van der Waals surface area contributed by atoms with Gasteiger partial charge in [-0.15, -0.1) is 0 Å². The number of rotatable bonds is 3. The van der Waals surface area contributed by atoms with Gasteiger partial charge in [0.2, 0.25) is 0 Å². The van der Waals surface area contributed by atoms with Crippen molar-refractivity contribution < 1.29 is 0 Å². The Morgan fingerprint density at radius 1 is 1.15 bits per heavy atom. The lowest BCUT2D eigenvalue weighted by Gasteiger charge is -2.18. The molecule has 0 heteroatoms. The lowest BCUT2D eigenvalue weighted by Crippen LogP contribution is -2.03. The molecule has 13 heavy (non-hydrogen) atoms. The first kappa shape index (κ1) is 10.0. The van der Waals surface area contributed by atoms with Crippen LogP contribution in [0.3, 0.4) is 0 Å². The Labute approximate surface area is 81.3 Å². The molecule has 0 nitrogen and oxygen atoms in total. The van der Waals surface area contributed by atoms with Gasteiger partial charge in [-0.3, -0.25) is 0 Å². The first-order valence-corrected chi connectivity index (χ1v) is 4.88. The second kappa shape index (κ2) is 4.27. The van der Waals surface area contributed by atoms with Crippen molar-refractivity contribution in [1.29, 1.82) is 0 Å². The lowest BCUT2D eigenvalue weighted by molar-refractivity contribution is 0.534. The highest BCUT2D eigenvalue weighted by Crippen LogP contribution is 2.26. The molecule has 0 fully saturated rings. The maximum Gasteiger partial charge on any atom is -0.0161 e. The summed E-state index contributed by atoms with van der Waals surface area (Å²) < 4.78 is 0. The zero-order valence-electron chi connectivity index (χ0n) is 8.75. The average molecular weight is 174 g/mol. The highest BCUT2D eigenvalue weighted by Gasteiger charge is 2.11. The predicted octanol–water partition coefficient (Wildman–Crippen LogP) is 4.09. The molecule has 0 aliphatic rings. The van der Waals surface area contributed by atoms with Gasteiger partial charge >= 0.3 is 0 Å². The molecular formula is C13H18. The van der Waals surface area contributed by atoms with E-state index in [0.29, 0.717) is 11.8 Å². The molecule has 0 saturated carbocycles. The Balaban J connectivity index is 3.05. The first-order valence-electron chi connectivity index (χ1n) is 4.88. The summed E-state index contributed by atoms with van der Waals surface area (Å²) in [7, 11) is 0. The van der Waals surface area contributed by atoms with E-state index in [0.717, 1.165) is 0 Å². The van der Waals surface area contributed by atoms with Crippen LogP contribution in [0.5, 0.6) is 0 Å². The zero-order valence-corrected chi connectivity index (χ0v) is 8.75. The smallest absolute Gasteiger partial charge is 0.0161 e. The largest absolute Gasteiger partial charge is 0.0985 e. The van der Waals surface area contributed by atoms with Crippen LogP contribution in [0, 0.1) is 5.92 Å². The van der Waals surface area contributed by atoms with Crippen molar-refractivity contribution in [3.8, 4) is 0 Å². The van der Waals surface area contributed by atoms with Gasteiger partial charge in [0.25, 0.3) is 0 Å². The van der Waals surface area contributed by atoms with Crippen molar-refractivity contribution >= 4 is 6.08 Å². The van der Waals surface area contributed by atoms with Crippen molar-refractivity contribution in [3.63, 3.8) is 0 Å². The molecule has 1 aromatic carbocycles. The van der Waals surface area contributed by atoms with Gasteiger partial charge in [-0.05, 0) is 23.0 Å². The van der Waals surface area contributed by atoms with Crippen LogP contribution in [-0.2, 0) is 0 Å². The molecule has 0 amide bonds. The van der Waals surface area contributed by atoms with Crippen LogP contribution in [-0.4, -0.2) is 0 Å². The van der Waals surface area contributed by atoms with Gasteiger partial charge in [0.05, 0.1) is 0 Å². The maximum absolute atomic E-state index is 3.83. The maximum atomic E-state index is 3.83. The minimum absolute atomic E-state index is 0.606. The SMILES string of the molecule is C=Cc1ccccc1C(C)C(C)C. The second-order valence-electron chi connectivity index (χ2n) is 3.87. The number of benzene rings is 1. The normalized spacial score (nSPS) is 12.9. The van der Waals surface area contributed by atoms with Crippen LogP contribution < -0.4 is 0 Å². The molecule has 1 atom stereocenters. The second-order valence-corrected chi connectivity index (χ2v) is 3.87. The molecule has 0 bridgehead atoms. The number of hydrogen-bond acceptors (Lipinski definition) is 0. The van der Waals surface area contributed by atoms with Crippen molar-refractivity contribution in [1.82, 2.24) is 0 Å². The van der Waals surface area contributed by atoms with Crippen LogP contribution in [0.25, 0.3) is 6.08 Å². The molecule has 0 aliphatic carbocycles. The van der Waals surface area contributed by atoms with Crippen molar-refractivity contribution in [3.05, 3.63) is 42.0 Å². The van der Waals surface area contributed by atoms with Gasteiger partial charge in [0, 0.05) is 0 Å². The molecule has 0 spiro atoms.